The van der Waals surface area contributed by atoms with Crippen molar-refractivity contribution in [2.75, 3.05) is 26.8 Å². The normalized spacial score (nSPS) is 25.8. The lowest BCUT2D eigenvalue weighted by atomic mass is 9.80. The predicted molar refractivity (Wildman–Crippen MR) is 102 cm³/mol. The number of carbonyl (C=O) groups excluding carboxylic acids is 2. The highest BCUT2D eigenvalue weighted by Gasteiger charge is 2.58. The van der Waals surface area contributed by atoms with Crippen molar-refractivity contribution < 1.29 is 18.8 Å². The molecule has 0 aromatic carbocycles. The molecule has 2 amide bonds. The molecule has 3 heterocycles. The summed E-state index contributed by atoms with van der Waals surface area (Å²) in [6, 6.07) is 3.68. The van der Waals surface area contributed by atoms with Crippen LogP contribution in [-0.2, 0) is 26.2 Å². The Hall–Kier alpha value is -2.81. The van der Waals surface area contributed by atoms with Gasteiger partial charge in [-0.1, -0.05) is 5.16 Å². The van der Waals surface area contributed by atoms with Gasteiger partial charge in [0.05, 0.1) is 11.8 Å². The van der Waals surface area contributed by atoms with Gasteiger partial charge in [-0.2, -0.15) is 4.98 Å². The molecule has 2 aromatic rings. The van der Waals surface area contributed by atoms with Crippen LogP contribution in [0.4, 0.5) is 0 Å². The second-order valence-corrected chi connectivity index (χ2v) is 7.94. The minimum absolute atomic E-state index is 0.00113. The van der Waals surface area contributed by atoms with Crippen molar-refractivity contribution in [3.63, 3.8) is 0 Å². The molecule has 4 rings (SSSR count). The molecule has 1 aliphatic carbocycles. The maximum atomic E-state index is 12.5. The lowest BCUT2D eigenvalue weighted by Crippen LogP contribution is -2.40. The Morgan fingerprint density at radius 3 is 2.86 bits per heavy atom. The van der Waals surface area contributed by atoms with Gasteiger partial charge in [0.2, 0.25) is 17.7 Å². The summed E-state index contributed by atoms with van der Waals surface area (Å²) in [6.07, 6.45) is 5.11. The van der Waals surface area contributed by atoms with Gasteiger partial charge in [-0.05, 0) is 43.4 Å². The van der Waals surface area contributed by atoms with Crippen molar-refractivity contribution in [3.8, 4) is 0 Å². The van der Waals surface area contributed by atoms with Crippen LogP contribution < -0.4 is 5.32 Å². The topological polar surface area (TPSA) is 110 Å². The molecule has 29 heavy (non-hydrogen) atoms. The molecular weight excluding hydrogens is 374 g/mol. The van der Waals surface area contributed by atoms with Gasteiger partial charge in [-0.15, -0.1) is 0 Å². The van der Waals surface area contributed by atoms with Gasteiger partial charge >= 0.3 is 0 Å². The molecule has 1 saturated carbocycles. The summed E-state index contributed by atoms with van der Waals surface area (Å²) in [7, 11) is 1.51. The monoisotopic (exact) mass is 399 g/mol. The molecule has 2 fully saturated rings. The van der Waals surface area contributed by atoms with Crippen LogP contribution in [0.3, 0.4) is 0 Å². The fraction of sp³-hybridized carbons (Fsp3) is 0.550. The maximum absolute atomic E-state index is 12.5. The van der Waals surface area contributed by atoms with Crippen molar-refractivity contribution in [3.05, 3.63) is 41.8 Å². The van der Waals surface area contributed by atoms with Crippen LogP contribution in [0, 0.1) is 12.8 Å². The molecule has 0 spiro atoms. The van der Waals surface area contributed by atoms with Crippen LogP contribution >= 0.6 is 0 Å². The first-order valence-corrected chi connectivity index (χ1v) is 9.76. The SMILES string of the molecule is COCC(=O)N1CC2C[C@@H](NC(=O)Cc3ccncc3)C[C@]2(c2nc(C)no2)C1. The molecule has 0 radical (unpaired) electrons. The highest BCUT2D eigenvalue weighted by atomic mass is 16.5. The van der Waals surface area contributed by atoms with Crippen LogP contribution in [0.5, 0.6) is 0 Å². The molecule has 1 unspecified atom stereocenters. The standard InChI is InChI=1S/C20H25N5O4/c1-13-22-19(29-24-13)20-9-16(23-17(26)7-14-3-5-21-6-4-14)8-15(20)10-25(12-20)18(27)11-28-2/h3-6,15-16H,7-12H2,1-2H3,(H,23,26)/t15?,16-,20+/m1/s1. The first kappa shape index (κ1) is 19.5. The van der Waals surface area contributed by atoms with Crippen LogP contribution in [-0.4, -0.2) is 64.7 Å². The van der Waals surface area contributed by atoms with E-state index in [0.717, 1.165) is 12.0 Å². The number of nitrogens with zero attached hydrogens (tertiary/aromatic N) is 4. The second kappa shape index (κ2) is 7.90. The van der Waals surface area contributed by atoms with E-state index in [4.69, 9.17) is 9.26 Å². The highest BCUT2D eigenvalue weighted by Crippen LogP contribution is 2.50. The average molecular weight is 399 g/mol. The Bertz CT molecular complexity index is 886. The second-order valence-electron chi connectivity index (χ2n) is 7.94. The number of nitrogens with one attached hydrogen (secondary N) is 1. The Balaban J connectivity index is 1.48. The van der Waals surface area contributed by atoms with E-state index in [0.29, 0.717) is 37.6 Å². The molecule has 2 aromatic heterocycles. The van der Waals surface area contributed by atoms with Gasteiger partial charge in [0.1, 0.15) is 6.61 Å². The Labute approximate surface area is 168 Å². The van der Waals surface area contributed by atoms with Crippen LogP contribution in [0.1, 0.15) is 30.1 Å². The molecule has 1 saturated heterocycles. The summed E-state index contributed by atoms with van der Waals surface area (Å²) < 4.78 is 10.5. The van der Waals surface area contributed by atoms with Gasteiger partial charge in [0.15, 0.2) is 5.82 Å². The number of methoxy groups -OCH3 is 1. The average Bonchev–Trinajstić information content (AvgIpc) is 3.35. The predicted octanol–water partition coefficient (Wildman–Crippen LogP) is 0.637. The van der Waals surface area contributed by atoms with E-state index in [1.165, 1.54) is 7.11 Å². The first-order valence-electron chi connectivity index (χ1n) is 9.76. The molecular formula is C20H25N5O4. The molecule has 1 N–H and O–H groups in total. The summed E-state index contributed by atoms with van der Waals surface area (Å²) >= 11 is 0. The van der Waals surface area contributed by atoms with E-state index in [9.17, 15) is 9.59 Å². The fourth-order valence-electron chi connectivity index (χ4n) is 4.68. The summed E-state index contributed by atoms with van der Waals surface area (Å²) in [5.74, 6) is 1.20. The molecule has 154 valence electrons. The molecule has 9 heteroatoms. The van der Waals surface area contributed by atoms with Gasteiger partial charge in [0, 0.05) is 38.6 Å². The Morgan fingerprint density at radius 2 is 2.17 bits per heavy atom. The molecule has 9 nitrogen and oxygen atoms in total. The zero-order valence-corrected chi connectivity index (χ0v) is 16.6. The molecule has 3 atom stereocenters. The Morgan fingerprint density at radius 1 is 1.38 bits per heavy atom. The van der Waals surface area contributed by atoms with E-state index in [1.807, 2.05) is 17.0 Å². The zero-order chi connectivity index (χ0) is 20.4. The maximum Gasteiger partial charge on any atom is 0.248 e. The van der Waals surface area contributed by atoms with E-state index >= 15 is 0 Å². The van der Waals surface area contributed by atoms with Crippen molar-refractivity contribution >= 4 is 11.8 Å². The van der Waals surface area contributed by atoms with Gasteiger partial charge in [-0.25, -0.2) is 0 Å². The zero-order valence-electron chi connectivity index (χ0n) is 16.6. The van der Waals surface area contributed by atoms with Gasteiger partial charge in [-0.3, -0.25) is 14.6 Å². The van der Waals surface area contributed by atoms with Crippen LogP contribution in [0.25, 0.3) is 0 Å². The number of likely N-dealkylation sites (tertiary alicyclic amines) is 1. The summed E-state index contributed by atoms with van der Waals surface area (Å²) in [6.45, 7) is 2.93. The minimum atomic E-state index is -0.431. The van der Waals surface area contributed by atoms with E-state index < -0.39 is 5.41 Å². The highest BCUT2D eigenvalue weighted by molar-refractivity contribution is 5.79. The number of pyridine rings is 1. The number of fused-ring (bicyclic) bond motifs is 1. The fourth-order valence-corrected chi connectivity index (χ4v) is 4.68. The largest absolute Gasteiger partial charge is 0.375 e. The number of amides is 2. The van der Waals surface area contributed by atoms with Gasteiger partial charge in [0.25, 0.3) is 0 Å². The third-order valence-electron chi connectivity index (χ3n) is 5.93. The number of aromatic nitrogens is 3. The quantitative estimate of drug-likeness (QED) is 0.759. The number of aryl methyl sites for hydroxylation is 1. The number of ether oxygens (including phenoxy) is 1. The third kappa shape index (κ3) is 3.87. The number of carbonyl (C=O) groups is 2. The lowest BCUT2D eigenvalue weighted by molar-refractivity contribution is -0.134. The third-order valence-corrected chi connectivity index (χ3v) is 5.93. The molecule has 1 aliphatic heterocycles. The van der Waals surface area contributed by atoms with Crippen molar-refractivity contribution in [2.24, 2.45) is 5.92 Å². The first-order chi connectivity index (χ1) is 14.0. The van der Waals surface area contributed by atoms with E-state index in [1.54, 1.807) is 19.3 Å². The lowest BCUT2D eigenvalue weighted by Gasteiger charge is -2.25. The number of hydrogen-bond acceptors (Lipinski definition) is 7. The van der Waals surface area contributed by atoms with Crippen molar-refractivity contribution in [1.82, 2.24) is 25.3 Å². The van der Waals surface area contributed by atoms with Crippen LogP contribution in [0.15, 0.2) is 29.0 Å². The summed E-state index contributed by atoms with van der Waals surface area (Å²) in [4.78, 5) is 35.2. The van der Waals surface area contributed by atoms with Crippen molar-refractivity contribution in [2.45, 2.75) is 37.6 Å². The van der Waals surface area contributed by atoms with E-state index in [2.05, 4.69) is 20.4 Å². The number of rotatable bonds is 6. The summed E-state index contributed by atoms with van der Waals surface area (Å²) in [5.41, 5.74) is 0.494. The van der Waals surface area contributed by atoms with E-state index in [-0.39, 0.29) is 30.4 Å². The Kier molecular flexibility index (Phi) is 5.31. The molecule has 0 bridgehead atoms. The summed E-state index contributed by atoms with van der Waals surface area (Å²) in [5, 5.41) is 7.11. The smallest absolute Gasteiger partial charge is 0.248 e. The number of hydrogen-bond donors (Lipinski definition) is 1. The minimum Gasteiger partial charge on any atom is -0.375 e. The molecule has 2 aliphatic rings. The van der Waals surface area contributed by atoms with Crippen LogP contribution in [0.2, 0.25) is 0 Å². The van der Waals surface area contributed by atoms with Crippen molar-refractivity contribution in [1.29, 1.82) is 0 Å². The van der Waals surface area contributed by atoms with Gasteiger partial charge < -0.3 is 19.5 Å².